The number of carbonyl (C=O) groups excluding carboxylic acids is 4. The van der Waals surface area contributed by atoms with Crippen LogP contribution in [0.1, 0.15) is 122 Å². The maximum absolute atomic E-state index is 12.8. The molecule has 0 aromatic heterocycles. The van der Waals surface area contributed by atoms with Gasteiger partial charge in [0.2, 0.25) is 0 Å². The van der Waals surface area contributed by atoms with Crippen molar-refractivity contribution in [1.29, 1.82) is 0 Å². The Labute approximate surface area is 436 Å². The summed E-state index contributed by atoms with van der Waals surface area (Å²) in [4.78, 5) is 55.2. The lowest BCUT2D eigenvalue weighted by atomic mass is 9.70. The first kappa shape index (κ1) is 47.3. The smallest absolute Gasteiger partial charge is 0.303 e. The highest BCUT2D eigenvalue weighted by atomic mass is 16.6. The molecular weight excluding hydrogens is 937 g/mol. The average molecular weight is 991 g/mol. The van der Waals surface area contributed by atoms with Gasteiger partial charge in [0.15, 0.2) is 0 Å². The molecule has 372 valence electrons. The van der Waals surface area contributed by atoms with Crippen molar-refractivity contribution in [2.75, 3.05) is 9.80 Å². The number of nitrogens with zero attached hydrogens (tertiary/aromatic N) is 2. The highest BCUT2D eigenvalue weighted by Crippen LogP contribution is 2.64. The summed E-state index contributed by atoms with van der Waals surface area (Å²) in [5, 5.41) is 0. The van der Waals surface area contributed by atoms with Crippen molar-refractivity contribution >= 4 is 58.0 Å². The first-order valence-electron chi connectivity index (χ1n) is 25.6. The third-order valence-electron chi connectivity index (χ3n) is 15.3. The Kier molecular flexibility index (Phi) is 11.9. The van der Waals surface area contributed by atoms with Crippen LogP contribution in [0.4, 0.5) is 34.1 Å². The summed E-state index contributed by atoms with van der Waals surface area (Å²) in [7, 11) is 0. The van der Waals surface area contributed by atoms with Gasteiger partial charge in [-0.2, -0.15) is 0 Å². The number of hydrogen-bond donors (Lipinski definition) is 0. The summed E-state index contributed by atoms with van der Waals surface area (Å²) in [5.74, 6) is -1.52. The normalized spacial score (nSPS) is 18.0. The van der Waals surface area contributed by atoms with Crippen LogP contribution in [-0.4, -0.2) is 23.9 Å². The number of fused-ring (bicyclic) bond motifs is 12. The molecular formula is C65H54N2O8. The Morgan fingerprint density at radius 3 is 1.11 bits per heavy atom. The van der Waals surface area contributed by atoms with Gasteiger partial charge in [0.1, 0.15) is 24.4 Å². The zero-order valence-electron chi connectivity index (χ0n) is 42.1. The van der Waals surface area contributed by atoms with Crippen LogP contribution < -0.4 is 9.80 Å². The van der Waals surface area contributed by atoms with Gasteiger partial charge in [-0.15, -0.1) is 0 Å². The van der Waals surface area contributed by atoms with E-state index in [-0.39, 0.29) is 23.9 Å². The van der Waals surface area contributed by atoms with E-state index < -0.39 is 29.8 Å². The molecule has 4 aliphatic carbocycles. The molecule has 10 nitrogen and oxygen atoms in total. The molecule has 8 aromatic rings. The second-order valence-corrected chi connectivity index (χ2v) is 19.7. The fourth-order valence-electron chi connectivity index (χ4n) is 12.7. The van der Waals surface area contributed by atoms with Gasteiger partial charge in [0.05, 0.1) is 16.8 Å². The van der Waals surface area contributed by atoms with Crippen LogP contribution in [0.15, 0.2) is 182 Å². The molecule has 12 rings (SSSR count). The van der Waals surface area contributed by atoms with Crippen molar-refractivity contribution in [2.24, 2.45) is 0 Å². The molecule has 1 spiro atoms. The van der Waals surface area contributed by atoms with Gasteiger partial charge in [0, 0.05) is 72.7 Å². The highest BCUT2D eigenvalue weighted by Gasteiger charge is 2.52. The summed E-state index contributed by atoms with van der Waals surface area (Å²) in [6.07, 6.45) is -0.213. The van der Waals surface area contributed by atoms with Gasteiger partial charge in [-0.1, -0.05) is 121 Å². The second kappa shape index (κ2) is 18.9. The van der Waals surface area contributed by atoms with E-state index >= 15 is 0 Å². The van der Waals surface area contributed by atoms with Gasteiger partial charge < -0.3 is 28.7 Å². The predicted octanol–water partition coefficient (Wildman–Crippen LogP) is 15.0. The second-order valence-electron chi connectivity index (χ2n) is 19.7. The zero-order chi connectivity index (χ0) is 51.5. The maximum atomic E-state index is 12.8. The monoisotopic (exact) mass is 990 g/mol. The number of rotatable bonds is 10. The van der Waals surface area contributed by atoms with Gasteiger partial charge in [-0.05, 0) is 131 Å². The SMILES string of the molecule is CC(=O)OC1CCC(OC(C)=O)c2c1cccc2N(c1ccccc1)c1ccc2c(c1)C1(c3ccccc3-c3ccccc31)c1cc(N(c3ccccc3)c3cccc4c3C(OC(C)=O)CCC4OC(C)=O)ccc1-2. The molecule has 10 heteroatoms. The lowest BCUT2D eigenvalue weighted by molar-refractivity contribution is -0.153. The Morgan fingerprint density at radius 1 is 0.360 bits per heavy atom. The summed E-state index contributed by atoms with van der Waals surface area (Å²) >= 11 is 0. The topological polar surface area (TPSA) is 112 Å². The lowest BCUT2D eigenvalue weighted by Crippen LogP contribution is -2.27. The van der Waals surface area contributed by atoms with Crippen LogP contribution >= 0.6 is 0 Å². The Balaban J connectivity index is 1.10. The van der Waals surface area contributed by atoms with E-state index in [2.05, 4.69) is 131 Å². The first-order chi connectivity index (χ1) is 36.5. The van der Waals surface area contributed by atoms with Crippen LogP contribution in [0.5, 0.6) is 0 Å². The molecule has 0 N–H and O–H groups in total. The van der Waals surface area contributed by atoms with Crippen molar-refractivity contribution < 1.29 is 38.1 Å². The van der Waals surface area contributed by atoms with E-state index in [1.165, 1.54) is 27.7 Å². The van der Waals surface area contributed by atoms with Gasteiger partial charge in [-0.3, -0.25) is 19.2 Å². The standard InChI is InChI=1S/C65H54N2O8/c1-39(68)72-59-33-35-61(74-41(3)70)63-51(59)23-15-27-57(63)66(43-17-7-5-8-18-43)45-29-31-49-50-32-30-46(38-56(50)65(55(49)37-45)53-25-13-11-21-47(53)48-22-12-14-26-54(48)65)67(44-19-9-6-10-20-44)58-28-16-24-52-60(73-40(2)69)34-36-62(64(52)58)75-42(4)71/h5-32,37-38,59-62H,33-36H2,1-4H3. The van der Waals surface area contributed by atoms with E-state index in [1.807, 2.05) is 60.7 Å². The molecule has 4 unspecified atom stereocenters. The fraction of sp³-hybridized carbons (Fsp3) is 0.200. The Morgan fingerprint density at radius 2 is 0.707 bits per heavy atom. The Bertz CT molecular complexity index is 3360. The minimum absolute atomic E-state index is 0.375. The van der Waals surface area contributed by atoms with Crippen molar-refractivity contribution in [3.05, 3.63) is 226 Å². The predicted molar refractivity (Wildman–Crippen MR) is 289 cm³/mol. The number of ether oxygens (including phenoxy) is 4. The van der Waals surface area contributed by atoms with Crippen molar-refractivity contribution in [1.82, 2.24) is 0 Å². The van der Waals surface area contributed by atoms with Crippen molar-refractivity contribution in [2.45, 2.75) is 83.2 Å². The third kappa shape index (κ3) is 7.94. The minimum Gasteiger partial charge on any atom is -0.458 e. The number of hydrogen-bond acceptors (Lipinski definition) is 10. The first-order valence-corrected chi connectivity index (χ1v) is 25.6. The largest absolute Gasteiger partial charge is 0.458 e. The number of carbonyl (C=O) groups is 4. The molecule has 0 bridgehead atoms. The van der Waals surface area contributed by atoms with Crippen LogP contribution in [-0.2, 0) is 43.5 Å². The fourth-order valence-corrected chi connectivity index (χ4v) is 12.7. The molecule has 0 amide bonds. The van der Waals surface area contributed by atoms with E-state index in [1.54, 1.807) is 0 Å². The van der Waals surface area contributed by atoms with Crippen LogP contribution in [0.3, 0.4) is 0 Å². The average Bonchev–Trinajstić information content (AvgIpc) is 3.89. The highest BCUT2D eigenvalue weighted by molar-refractivity contribution is 5.98. The van der Waals surface area contributed by atoms with Gasteiger partial charge in [-0.25, -0.2) is 0 Å². The van der Waals surface area contributed by atoms with Crippen molar-refractivity contribution in [3.8, 4) is 22.3 Å². The molecule has 4 aliphatic rings. The van der Waals surface area contributed by atoms with E-state index in [9.17, 15) is 19.2 Å². The summed E-state index contributed by atoms with van der Waals surface area (Å²) < 4.78 is 24.1. The minimum atomic E-state index is -0.803. The summed E-state index contributed by atoms with van der Waals surface area (Å²) in [6.45, 7) is 5.72. The number of esters is 4. The summed E-state index contributed by atoms with van der Waals surface area (Å²) in [5.41, 5.74) is 16.6. The quantitative estimate of drug-likeness (QED) is 0.0970. The third-order valence-corrected chi connectivity index (χ3v) is 15.3. The number of benzene rings is 8. The van der Waals surface area contributed by atoms with E-state index in [0.29, 0.717) is 25.7 Å². The van der Waals surface area contributed by atoms with Crippen molar-refractivity contribution in [3.63, 3.8) is 0 Å². The molecule has 0 heterocycles. The zero-order valence-corrected chi connectivity index (χ0v) is 42.1. The van der Waals surface area contributed by atoms with Crippen LogP contribution in [0.25, 0.3) is 22.3 Å². The summed E-state index contributed by atoms with van der Waals surface area (Å²) in [6, 6.07) is 63.3. The molecule has 4 atom stereocenters. The molecule has 8 aromatic carbocycles. The molecule has 75 heavy (non-hydrogen) atoms. The molecule has 0 aliphatic heterocycles. The molecule has 0 fully saturated rings. The molecule has 0 saturated carbocycles. The maximum Gasteiger partial charge on any atom is 0.303 e. The Hall–Kier alpha value is -8.76. The van der Waals surface area contributed by atoms with Crippen LogP contribution in [0.2, 0.25) is 0 Å². The molecule has 0 radical (unpaired) electrons. The lowest BCUT2D eigenvalue weighted by Gasteiger charge is -2.37. The number of para-hydroxylation sites is 2. The van der Waals surface area contributed by atoms with Crippen LogP contribution in [0, 0.1) is 0 Å². The van der Waals surface area contributed by atoms with E-state index in [0.717, 1.165) is 101 Å². The van der Waals surface area contributed by atoms with Gasteiger partial charge >= 0.3 is 23.9 Å². The molecule has 0 saturated heterocycles. The van der Waals surface area contributed by atoms with E-state index in [4.69, 9.17) is 18.9 Å². The number of anilines is 6. The van der Waals surface area contributed by atoms with Gasteiger partial charge in [0.25, 0.3) is 0 Å².